The second-order valence-corrected chi connectivity index (χ2v) is 5.08. The molecule has 0 atom stereocenters. The zero-order chi connectivity index (χ0) is 14.1. The number of fused-ring (bicyclic) bond motifs is 1. The van der Waals surface area contributed by atoms with E-state index in [2.05, 4.69) is 40.5 Å². The first-order valence-electron chi connectivity index (χ1n) is 6.91. The van der Waals surface area contributed by atoms with Gasteiger partial charge in [0.15, 0.2) is 5.65 Å². The summed E-state index contributed by atoms with van der Waals surface area (Å²) in [6.45, 7) is 7.02. The summed E-state index contributed by atoms with van der Waals surface area (Å²) in [5, 5.41) is 0. The molecule has 0 N–H and O–H groups in total. The summed E-state index contributed by atoms with van der Waals surface area (Å²) in [7, 11) is 0. The molecule has 0 aliphatic carbocycles. The van der Waals surface area contributed by atoms with Gasteiger partial charge in [0.1, 0.15) is 11.3 Å². The predicted octanol–water partition coefficient (Wildman–Crippen LogP) is 3.05. The van der Waals surface area contributed by atoms with E-state index in [1.807, 2.05) is 19.2 Å². The number of aromatic nitrogens is 4. The third-order valence-electron chi connectivity index (χ3n) is 3.48. The van der Waals surface area contributed by atoms with Gasteiger partial charge in [0.25, 0.3) is 0 Å². The summed E-state index contributed by atoms with van der Waals surface area (Å²) in [6, 6.07) is 6.13. The van der Waals surface area contributed by atoms with Gasteiger partial charge in [0.05, 0.1) is 6.54 Å². The Balaban J connectivity index is 2.17. The van der Waals surface area contributed by atoms with E-state index in [1.165, 1.54) is 11.1 Å². The molecule has 0 aliphatic heterocycles. The number of rotatable bonds is 3. The normalized spacial score (nSPS) is 11.2. The van der Waals surface area contributed by atoms with Crippen LogP contribution in [0.25, 0.3) is 11.2 Å². The van der Waals surface area contributed by atoms with Crippen LogP contribution in [-0.2, 0) is 13.0 Å². The molecule has 0 amide bonds. The van der Waals surface area contributed by atoms with Crippen LogP contribution in [0.5, 0.6) is 0 Å². The molecule has 0 aromatic carbocycles. The molecule has 0 aliphatic rings. The molecule has 4 nitrogen and oxygen atoms in total. The van der Waals surface area contributed by atoms with Gasteiger partial charge in [-0.2, -0.15) is 0 Å². The molecular weight excluding hydrogens is 248 g/mol. The van der Waals surface area contributed by atoms with E-state index >= 15 is 0 Å². The van der Waals surface area contributed by atoms with Crippen molar-refractivity contribution in [2.75, 3.05) is 0 Å². The van der Waals surface area contributed by atoms with Crippen molar-refractivity contribution in [3.8, 4) is 0 Å². The molecule has 0 fully saturated rings. The number of hydrogen-bond donors (Lipinski definition) is 0. The molecule has 0 spiro atoms. The maximum atomic E-state index is 4.75. The largest absolute Gasteiger partial charge is 0.308 e. The Morgan fingerprint density at radius 2 is 2.05 bits per heavy atom. The van der Waals surface area contributed by atoms with Gasteiger partial charge >= 0.3 is 0 Å². The number of pyridine rings is 2. The van der Waals surface area contributed by atoms with Crippen LogP contribution in [0.2, 0.25) is 0 Å². The van der Waals surface area contributed by atoms with Crippen molar-refractivity contribution in [2.24, 2.45) is 0 Å². The van der Waals surface area contributed by atoms with E-state index < -0.39 is 0 Å². The van der Waals surface area contributed by atoms with Crippen molar-refractivity contribution in [1.82, 2.24) is 19.5 Å². The Hall–Kier alpha value is -2.23. The second kappa shape index (κ2) is 5.04. The maximum Gasteiger partial charge on any atom is 0.160 e. The molecule has 3 aromatic rings. The molecule has 102 valence electrons. The number of imidazole rings is 1. The molecule has 0 saturated heterocycles. The van der Waals surface area contributed by atoms with E-state index in [1.54, 1.807) is 6.20 Å². The Morgan fingerprint density at radius 3 is 2.75 bits per heavy atom. The zero-order valence-corrected chi connectivity index (χ0v) is 12.1. The van der Waals surface area contributed by atoms with Gasteiger partial charge in [-0.15, -0.1) is 0 Å². The zero-order valence-electron chi connectivity index (χ0n) is 12.1. The first-order valence-corrected chi connectivity index (χ1v) is 6.91. The van der Waals surface area contributed by atoms with E-state index in [9.17, 15) is 0 Å². The lowest BCUT2D eigenvalue weighted by molar-refractivity contribution is 0.743. The van der Waals surface area contributed by atoms with Crippen LogP contribution in [0.4, 0.5) is 0 Å². The highest BCUT2D eigenvalue weighted by Crippen LogP contribution is 2.20. The van der Waals surface area contributed by atoms with Gasteiger partial charge in [-0.05, 0) is 37.1 Å². The molecule has 20 heavy (non-hydrogen) atoms. The first kappa shape index (κ1) is 12.8. The molecular formula is C16H18N4. The summed E-state index contributed by atoms with van der Waals surface area (Å²) in [5.41, 5.74) is 5.37. The summed E-state index contributed by atoms with van der Waals surface area (Å²) < 4.78 is 2.20. The lowest BCUT2D eigenvalue weighted by Crippen LogP contribution is -2.05. The minimum atomic E-state index is 0.767. The smallest absolute Gasteiger partial charge is 0.160 e. The van der Waals surface area contributed by atoms with Crippen LogP contribution in [0.1, 0.15) is 29.6 Å². The van der Waals surface area contributed by atoms with Gasteiger partial charge in [0, 0.05) is 24.5 Å². The van der Waals surface area contributed by atoms with Crippen LogP contribution < -0.4 is 0 Å². The van der Waals surface area contributed by atoms with Crippen LogP contribution in [0.15, 0.2) is 30.6 Å². The fourth-order valence-corrected chi connectivity index (χ4v) is 2.56. The van der Waals surface area contributed by atoms with Crippen molar-refractivity contribution in [1.29, 1.82) is 0 Å². The SMILES string of the molecule is CCc1nc2c(C)cc(C)nc2n1Cc1cccnc1. The molecule has 3 heterocycles. The third-order valence-corrected chi connectivity index (χ3v) is 3.48. The summed E-state index contributed by atoms with van der Waals surface area (Å²) >= 11 is 0. The Labute approximate surface area is 118 Å². The Morgan fingerprint density at radius 1 is 1.20 bits per heavy atom. The fourth-order valence-electron chi connectivity index (χ4n) is 2.56. The average molecular weight is 266 g/mol. The standard InChI is InChI=1S/C16H18N4/c1-4-14-19-15-11(2)8-12(3)18-16(15)20(14)10-13-6-5-7-17-9-13/h5-9H,4,10H2,1-3H3. The van der Waals surface area contributed by atoms with Crippen molar-refractivity contribution in [3.05, 3.63) is 53.2 Å². The molecule has 4 heteroatoms. The van der Waals surface area contributed by atoms with Crippen LogP contribution in [0, 0.1) is 13.8 Å². The van der Waals surface area contributed by atoms with Crippen molar-refractivity contribution in [3.63, 3.8) is 0 Å². The summed E-state index contributed by atoms with van der Waals surface area (Å²) in [4.78, 5) is 13.6. The maximum absolute atomic E-state index is 4.75. The van der Waals surface area contributed by atoms with Crippen LogP contribution in [0.3, 0.4) is 0 Å². The van der Waals surface area contributed by atoms with Gasteiger partial charge in [-0.3, -0.25) is 4.98 Å². The summed E-state index contributed by atoms with van der Waals surface area (Å²) in [6.07, 6.45) is 4.59. The van der Waals surface area contributed by atoms with E-state index in [0.717, 1.165) is 35.6 Å². The average Bonchev–Trinajstić information content (AvgIpc) is 2.78. The third kappa shape index (κ3) is 2.18. The second-order valence-electron chi connectivity index (χ2n) is 5.08. The lowest BCUT2D eigenvalue weighted by atomic mass is 10.2. The number of aryl methyl sites for hydroxylation is 3. The minimum Gasteiger partial charge on any atom is -0.308 e. The minimum absolute atomic E-state index is 0.767. The molecule has 3 aromatic heterocycles. The van der Waals surface area contributed by atoms with Crippen molar-refractivity contribution in [2.45, 2.75) is 33.7 Å². The number of nitrogens with zero attached hydrogens (tertiary/aromatic N) is 4. The van der Waals surface area contributed by atoms with Gasteiger partial charge in [-0.25, -0.2) is 9.97 Å². The molecule has 0 unspecified atom stereocenters. The lowest BCUT2D eigenvalue weighted by Gasteiger charge is -2.07. The monoisotopic (exact) mass is 266 g/mol. The molecule has 0 radical (unpaired) electrons. The first-order chi connectivity index (χ1) is 9.69. The van der Waals surface area contributed by atoms with E-state index in [4.69, 9.17) is 4.98 Å². The topological polar surface area (TPSA) is 43.6 Å². The Kier molecular flexibility index (Phi) is 3.22. The summed E-state index contributed by atoms with van der Waals surface area (Å²) in [5.74, 6) is 1.07. The van der Waals surface area contributed by atoms with Crippen molar-refractivity contribution < 1.29 is 0 Å². The Bertz CT molecular complexity index is 744. The molecule has 0 saturated carbocycles. The van der Waals surface area contributed by atoms with Crippen LogP contribution >= 0.6 is 0 Å². The number of hydrogen-bond acceptors (Lipinski definition) is 3. The van der Waals surface area contributed by atoms with Crippen molar-refractivity contribution >= 4 is 11.2 Å². The van der Waals surface area contributed by atoms with E-state index in [-0.39, 0.29) is 0 Å². The van der Waals surface area contributed by atoms with Gasteiger partial charge in [-0.1, -0.05) is 13.0 Å². The predicted molar refractivity (Wildman–Crippen MR) is 79.7 cm³/mol. The van der Waals surface area contributed by atoms with Gasteiger partial charge < -0.3 is 4.57 Å². The molecule has 0 bridgehead atoms. The quantitative estimate of drug-likeness (QED) is 0.731. The molecule has 3 rings (SSSR count). The van der Waals surface area contributed by atoms with Crippen LogP contribution in [-0.4, -0.2) is 19.5 Å². The highest BCUT2D eigenvalue weighted by Gasteiger charge is 2.13. The van der Waals surface area contributed by atoms with E-state index in [0.29, 0.717) is 0 Å². The van der Waals surface area contributed by atoms with Gasteiger partial charge in [0.2, 0.25) is 0 Å². The highest BCUT2D eigenvalue weighted by molar-refractivity contribution is 5.76. The highest BCUT2D eigenvalue weighted by atomic mass is 15.1. The fraction of sp³-hybridized carbons (Fsp3) is 0.312.